The number of benzene rings is 1. The van der Waals surface area contributed by atoms with E-state index in [2.05, 4.69) is 42.5 Å². The summed E-state index contributed by atoms with van der Waals surface area (Å²) >= 11 is 0. The molecule has 0 saturated carbocycles. The van der Waals surface area contributed by atoms with Crippen molar-refractivity contribution in [3.63, 3.8) is 0 Å². The lowest BCUT2D eigenvalue weighted by molar-refractivity contribution is 0.311. The fourth-order valence-electron chi connectivity index (χ4n) is 2.95. The number of anilines is 1. The Morgan fingerprint density at radius 1 is 1.18 bits per heavy atom. The Balaban J connectivity index is 2.18. The van der Waals surface area contributed by atoms with Crippen molar-refractivity contribution in [1.82, 2.24) is 10.3 Å². The highest BCUT2D eigenvalue weighted by Gasteiger charge is 2.16. The molecule has 2 rings (SSSR count). The first-order valence-corrected chi connectivity index (χ1v) is 9.85. The van der Waals surface area contributed by atoms with Crippen molar-refractivity contribution >= 4 is 11.6 Å². The lowest BCUT2D eigenvalue weighted by Crippen LogP contribution is -2.31. The van der Waals surface area contributed by atoms with E-state index in [-0.39, 0.29) is 0 Å². The van der Waals surface area contributed by atoms with Crippen molar-refractivity contribution in [2.45, 2.75) is 33.6 Å². The fraction of sp³-hybridized carbons (Fsp3) is 0.455. The number of guanidine groups is 1. The van der Waals surface area contributed by atoms with Gasteiger partial charge in [-0.1, -0.05) is 19.9 Å². The Kier molecular flexibility index (Phi) is 8.59. The minimum Gasteiger partial charge on any atom is -0.493 e. The van der Waals surface area contributed by atoms with Crippen molar-refractivity contribution < 1.29 is 9.47 Å². The number of nitrogens with zero attached hydrogens (tertiary/aromatic N) is 2. The van der Waals surface area contributed by atoms with Gasteiger partial charge < -0.3 is 20.1 Å². The molecule has 0 bridgehead atoms. The van der Waals surface area contributed by atoms with Crippen LogP contribution in [0.15, 0.2) is 47.7 Å². The second kappa shape index (κ2) is 11.2. The molecule has 1 aromatic carbocycles. The van der Waals surface area contributed by atoms with Gasteiger partial charge in [-0.05, 0) is 43.5 Å². The second-order valence-electron chi connectivity index (χ2n) is 6.78. The van der Waals surface area contributed by atoms with Crippen molar-refractivity contribution in [2.75, 3.05) is 32.1 Å². The van der Waals surface area contributed by atoms with Crippen LogP contribution < -0.4 is 20.1 Å². The van der Waals surface area contributed by atoms with Gasteiger partial charge in [-0.15, -0.1) is 0 Å². The van der Waals surface area contributed by atoms with Crippen LogP contribution in [0.5, 0.6) is 11.5 Å². The van der Waals surface area contributed by atoms with Crippen LogP contribution in [-0.4, -0.2) is 37.7 Å². The number of rotatable bonds is 9. The van der Waals surface area contributed by atoms with E-state index in [9.17, 15) is 0 Å². The number of nitrogens with one attached hydrogen (secondary N) is 2. The molecule has 0 radical (unpaired) electrons. The normalized spacial score (nSPS) is 12.6. The third-order valence-corrected chi connectivity index (χ3v) is 4.43. The first-order chi connectivity index (χ1) is 13.6. The molecular weight excluding hydrogens is 352 g/mol. The van der Waals surface area contributed by atoms with Crippen molar-refractivity contribution in [3.8, 4) is 11.5 Å². The maximum Gasteiger partial charge on any atom is 0.195 e. The molecule has 1 heterocycles. The number of methoxy groups -OCH3 is 1. The molecule has 2 N–H and O–H groups in total. The van der Waals surface area contributed by atoms with Gasteiger partial charge in [0.25, 0.3) is 0 Å². The molecule has 152 valence electrons. The summed E-state index contributed by atoms with van der Waals surface area (Å²) in [6.07, 6.45) is 3.73. The minimum atomic E-state index is 0.305. The zero-order chi connectivity index (χ0) is 20.4. The minimum absolute atomic E-state index is 0.305. The summed E-state index contributed by atoms with van der Waals surface area (Å²) in [4.78, 5) is 9.08. The molecule has 0 aliphatic rings. The summed E-state index contributed by atoms with van der Waals surface area (Å²) in [7, 11) is 1.64. The predicted molar refractivity (Wildman–Crippen MR) is 116 cm³/mol. The van der Waals surface area contributed by atoms with Gasteiger partial charge in [0.2, 0.25) is 0 Å². The molecule has 6 nitrogen and oxygen atoms in total. The first-order valence-electron chi connectivity index (χ1n) is 9.85. The molecule has 2 aromatic rings. The summed E-state index contributed by atoms with van der Waals surface area (Å²) in [6, 6.07) is 9.87. The van der Waals surface area contributed by atoms with Crippen LogP contribution in [0, 0.1) is 5.92 Å². The van der Waals surface area contributed by atoms with Gasteiger partial charge in [0.1, 0.15) is 0 Å². The molecule has 6 heteroatoms. The van der Waals surface area contributed by atoms with Crippen molar-refractivity contribution in [1.29, 1.82) is 0 Å². The van der Waals surface area contributed by atoms with Crippen LogP contribution in [0.4, 0.5) is 5.69 Å². The van der Waals surface area contributed by atoms with Crippen LogP contribution in [0.3, 0.4) is 0 Å². The van der Waals surface area contributed by atoms with E-state index in [1.807, 2.05) is 37.4 Å². The van der Waals surface area contributed by atoms with Gasteiger partial charge in [-0.2, -0.15) is 0 Å². The van der Waals surface area contributed by atoms with E-state index in [4.69, 9.17) is 14.5 Å². The molecular formula is C22H32N4O2. The molecule has 1 unspecified atom stereocenters. The van der Waals surface area contributed by atoms with Gasteiger partial charge in [0, 0.05) is 43.2 Å². The topological polar surface area (TPSA) is 67.8 Å². The molecule has 0 aliphatic heterocycles. The lowest BCUT2D eigenvalue weighted by atomic mass is 9.89. The van der Waals surface area contributed by atoms with Crippen molar-refractivity contribution in [3.05, 3.63) is 48.3 Å². The largest absolute Gasteiger partial charge is 0.493 e. The van der Waals surface area contributed by atoms with Gasteiger partial charge in [-0.3, -0.25) is 9.98 Å². The summed E-state index contributed by atoms with van der Waals surface area (Å²) in [5.74, 6) is 2.93. The first kappa shape index (κ1) is 21.5. The molecule has 1 atom stereocenters. The Hall–Kier alpha value is -2.76. The number of hydrogen-bond acceptors (Lipinski definition) is 4. The lowest BCUT2D eigenvalue weighted by Gasteiger charge is -2.20. The Bertz CT molecular complexity index is 747. The molecule has 0 aliphatic carbocycles. The van der Waals surface area contributed by atoms with Crippen LogP contribution >= 0.6 is 0 Å². The number of ether oxygens (including phenoxy) is 2. The maximum atomic E-state index is 5.67. The monoisotopic (exact) mass is 384 g/mol. The highest BCUT2D eigenvalue weighted by molar-refractivity contribution is 5.94. The maximum absolute atomic E-state index is 5.67. The summed E-state index contributed by atoms with van der Waals surface area (Å²) < 4.78 is 11.0. The van der Waals surface area contributed by atoms with Gasteiger partial charge >= 0.3 is 0 Å². The zero-order valence-electron chi connectivity index (χ0n) is 17.5. The van der Waals surface area contributed by atoms with Crippen LogP contribution in [-0.2, 0) is 0 Å². The third-order valence-electron chi connectivity index (χ3n) is 4.43. The molecule has 0 amide bonds. The molecule has 1 aromatic heterocycles. The third kappa shape index (κ3) is 6.15. The van der Waals surface area contributed by atoms with Gasteiger partial charge in [-0.25, -0.2) is 0 Å². The van der Waals surface area contributed by atoms with E-state index >= 15 is 0 Å². The zero-order valence-corrected chi connectivity index (χ0v) is 17.5. The van der Waals surface area contributed by atoms with E-state index in [0.717, 1.165) is 18.2 Å². The Labute approximate surface area is 168 Å². The van der Waals surface area contributed by atoms with Crippen LogP contribution in [0.1, 0.15) is 39.2 Å². The van der Waals surface area contributed by atoms with Gasteiger partial charge in [0.15, 0.2) is 17.5 Å². The van der Waals surface area contributed by atoms with Gasteiger partial charge in [0.05, 0.1) is 13.7 Å². The summed E-state index contributed by atoms with van der Waals surface area (Å²) in [5.41, 5.74) is 2.10. The number of aliphatic imine (C=N–C) groups is 1. The Morgan fingerprint density at radius 3 is 2.61 bits per heavy atom. The highest BCUT2D eigenvalue weighted by Crippen LogP contribution is 2.30. The summed E-state index contributed by atoms with van der Waals surface area (Å²) in [6.45, 7) is 10.5. The molecule has 0 saturated heterocycles. The molecule has 0 fully saturated rings. The van der Waals surface area contributed by atoms with Crippen LogP contribution in [0.25, 0.3) is 0 Å². The van der Waals surface area contributed by atoms with Crippen molar-refractivity contribution in [2.24, 2.45) is 10.9 Å². The van der Waals surface area contributed by atoms with E-state index in [1.165, 1.54) is 5.56 Å². The average Bonchev–Trinajstić information content (AvgIpc) is 2.69. The Morgan fingerprint density at radius 2 is 2.00 bits per heavy atom. The summed E-state index contributed by atoms with van der Waals surface area (Å²) in [5, 5.41) is 6.67. The number of hydrogen-bond donors (Lipinski definition) is 2. The van der Waals surface area contributed by atoms with Crippen LogP contribution in [0.2, 0.25) is 0 Å². The quantitative estimate of drug-likeness (QED) is 0.498. The predicted octanol–water partition coefficient (Wildman–Crippen LogP) is 4.31. The average molecular weight is 385 g/mol. The van der Waals surface area contributed by atoms with E-state index in [1.54, 1.807) is 13.3 Å². The fourth-order valence-corrected chi connectivity index (χ4v) is 2.95. The smallest absolute Gasteiger partial charge is 0.195 e. The molecule has 0 spiro atoms. The van der Waals surface area contributed by atoms with E-state index in [0.29, 0.717) is 36.5 Å². The number of aromatic nitrogens is 1. The SMILES string of the molecule is CCNC(=NCC(c1cccnc1)C(C)C)Nc1ccc(OC)c(OCC)c1. The number of pyridine rings is 1. The second-order valence-corrected chi connectivity index (χ2v) is 6.78. The highest BCUT2D eigenvalue weighted by atomic mass is 16.5. The standard InChI is InChI=1S/C22H32N4O2/c1-6-24-22(25-15-19(16(3)4)17-9-8-12-23-14-17)26-18-10-11-20(27-5)21(13-18)28-7-2/h8-14,16,19H,6-7,15H2,1-5H3,(H2,24,25,26). The molecule has 28 heavy (non-hydrogen) atoms. The van der Waals surface area contributed by atoms with E-state index < -0.39 is 0 Å².